The molecule has 0 aliphatic heterocycles. The van der Waals surface area contributed by atoms with Gasteiger partial charge in [-0.2, -0.15) is 5.26 Å². The Morgan fingerprint density at radius 3 is 2.59 bits per heavy atom. The van der Waals surface area contributed by atoms with Gasteiger partial charge in [0.2, 0.25) is 0 Å². The molecule has 29 heavy (non-hydrogen) atoms. The summed E-state index contributed by atoms with van der Waals surface area (Å²) in [5, 5.41) is 12.3. The van der Waals surface area contributed by atoms with E-state index >= 15 is 0 Å². The van der Waals surface area contributed by atoms with Gasteiger partial charge in [0.15, 0.2) is 11.5 Å². The van der Waals surface area contributed by atoms with E-state index in [1.54, 1.807) is 31.4 Å². The standard InChI is InChI=1S/C23H23BrN2O3/c1-28-22-13-17(12-18(14-25)23(27)26-20-4-2-3-5-20)8-11-21(22)29-15-16-6-9-19(24)10-7-16/h6-13,20H,2-5,15H2,1H3,(H,26,27)/b18-12-. The number of hydrogen-bond acceptors (Lipinski definition) is 4. The second-order valence-corrected chi connectivity index (χ2v) is 7.87. The summed E-state index contributed by atoms with van der Waals surface area (Å²) in [6, 6.07) is 15.4. The Morgan fingerprint density at radius 2 is 1.93 bits per heavy atom. The molecule has 1 aliphatic rings. The molecule has 1 amide bonds. The molecule has 5 nitrogen and oxygen atoms in total. The molecule has 1 fully saturated rings. The number of benzene rings is 2. The van der Waals surface area contributed by atoms with Crippen LogP contribution in [0.25, 0.3) is 6.08 Å². The van der Waals surface area contributed by atoms with E-state index in [0.717, 1.165) is 35.7 Å². The van der Waals surface area contributed by atoms with Gasteiger partial charge < -0.3 is 14.8 Å². The van der Waals surface area contributed by atoms with Crippen molar-refractivity contribution in [2.24, 2.45) is 0 Å². The number of nitrogens with zero attached hydrogens (tertiary/aromatic N) is 1. The third-order valence-corrected chi connectivity index (χ3v) is 5.39. The average molecular weight is 455 g/mol. The maximum Gasteiger partial charge on any atom is 0.262 e. The Bertz CT molecular complexity index is 926. The highest BCUT2D eigenvalue weighted by molar-refractivity contribution is 9.10. The van der Waals surface area contributed by atoms with Crippen molar-refractivity contribution in [2.45, 2.75) is 38.3 Å². The average Bonchev–Trinajstić information content (AvgIpc) is 3.24. The van der Waals surface area contributed by atoms with Crippen LogP contribution < -0.4 is 14.8 Å². The first-order valence-electron chi connectivity index (χ1n) is 9.57. The minimum atomic E-state index is -0.325. The number of nitriles is 1. The van der Waals surface area contributed by atoms with Crippen molar-refractivity contribution < 1.29 is 14.3 Å². The van der Waals surface area contributed by atoms with Crippen molar-refractivity contribution in [2.75, 3.05) is 7.11 Å². The van der Waals surface area contributed by atoms with Gasteiger partial charge in [-0.1, -0.05) is 47.0 Å². The highest BCUT2D eigenvalue weighted by Gasteiger charge is 2.19. The highest BCUT2D eigenvalue weighted by Crippen LogP contribution is 2.30. The zero-order valence-electron chi connectivity index (χ0n) is 16.3. The van der Waals surface area contributed by atoms with Crippen molar-refractivity contribution in [1.29, 1.82) is 5.26 Å². The van der Waals surface area contributed by atoms with Crippen LogP contribution in [-0.2, 0) is 11.4 Å². The molecular formula is C23H23BrN2O3. The van der Waals surface area contributed by atoms with Gasteiger partial charge in [0, 0.05) is 10.5 Å². The largest absolute Gasteiger partial charge is 0.493 e. The minimum Gasteiger partial charge on any atom is -0.493 e. The summed E-state index contributed by atoms with van der Waals surface area (Å²) in [5.74, 6) is 0.819. The number of methoxy groups -OCH3 is 1. The molecule has 0 heterocycles. The number of nitrogens with one attached hydrogen (secondary N) is 1. The molecule has 2 aromatic carbocycles. The van der Waals surface area contributed by atoms with Crippen LogP contribution in [0.4, 0.5) is 0 Å². The number of carbonyl (C=O) groups excluding carboxylic acids is 1. The second-order valence-electron chi connectivity index (χ2n) is 6.95. The van der Waals surface area contributed by atoms with Crippen molar-refractivity contribution in [1.82, 2.24) is 5.32 Å². The zero-order chi connectivity index (χ0) is 20.6. The van der Waals surface area contributed by atoms with Gasteiger partial charge in [-0.05, 0) is 54.3 Å². The van der Waals surface area contributed by atoms with Crippen LogP contribution in [0, 0.1) is 11.3 Å². The van der Waals surface area contributed by atoms with Crippen LogP contribution in [0.5, 0.6) is 11.5 Å². The SMILES string of the molecule is COc1cc(/C=C(/C#N)C(=O)NC2CCCC2)ccc1OCc1ccc(Br)cc1. The monoisotopic (exact) mass is 454 g/mol. The Balaban J connectivity index is 1.70. The zero-order valence-corrected chi connectivity index (χ0v) is 17.9. The lowest BCUT2D eigenvalue weighted by Crippen LogP contribution is -2.33. The molecule has 0 spiro atoms. The number of ether oxygens (including phenoxy) is 2. The Morgan fingerprint density at radius 1 is 1.21 bits per heavy atom. The summed E-state index contributed by atoms with van der Waals surface area (Å²) in [6.45, 7) is 0.409. The lowest BCUT2D eigenvalue weighted by Gasteiger charge is -2.12. The molecule has 0 radical (unpaired) electrons. The minimum absolute atomic E-state index is 0.0856. The summed E-state index contributed by atoms with van der Waals surface area (Å²) in [4.78, 5) is 12.4. The van der Waals surface area contributed by atoms with Gasteiger partial charge in [-0.25, -0.2) is 0 Å². The molecule has 0 saturated heterocycles. The fraction of sp³-hybridized carbons (Fsp3) is 0.304. The van der Waals surface area contributed by atoms with Crippen LogP contribution >= 0.6 is 15.9 Å². The fourth-order valence-corrected chi connectivity index (χ4v) is 3.55. The second kappa shape index (κ2) is 10.1. The van der Waals surface area contributed by atoms with Crippen molar-refractivity contribution in [3.63, 3.8) is 0 Å². The van der Waals surface area contributed by atoms with E-state index in [9.17, 15) is 10.1 Å². The lowest BCUT2D eigenvalue weighted by atomic mass is 10.1. The predicted molar refractivity (Wildman–Crippen MR) is 115 cm³/mol. The molecule has 1 aliphatic carbocycles. The first-order chi connectivity index (χ1) is 14.1. The smallest absolute Gasteiger partial charge is 0.262 e. The van der Waals surface area contributed by atoms with Gasteiger partial charge in [0.05, 0.1) is 7.11 Å². The van der Waals surface area contributed by atoms with E-state index in [1.165, 1.54) is 0 Å². The number of carbonyl (C=O) groups is 1. The van der Waals surface area contributed by atoms with Crippen LogP contribution in [0.15, 0.2) is 52.5 Å². The third kappa shape index (κ3) is 5.85. The summed E-state index contributed by atoms with van der Waals surface area (Å²) >= 11 is 3.41. The molecule has 6 heteroatoms. The van der Waals surface area contributed by atoms with Crippen LogP contribution in [0.3, 0.4) is 0 Å². The first-order valence-corrected chi connectivity index (χ1v) is 10.4. The summed E-state index contributed by atoms with van der Waals surface area (Å²) < 4.78 is 12.3. The van der Waals surface area contributed by atoms with Crippen molar-refractivity contribution in [3.05, 3.63) is 63.6 Å². The molecule has 1 saturated carbocycles. The van der Waals surface area contributed by atoms with Gasteiger partial charge in [-0.3, -0.25) is 4.79 Å². The Hall–Kier alpha value is -2.78. The van der Waals surface area contributed by atoms with E-state index in [-0.39, 0.29) is 17.5 Å². The molecule has 2 aromatic rings. The quantitative estimate of drug-likeness (QED) is 0.471. The molecule has 3 rings (SSSR count). The van der Waals surface area contributed by atoms with Crippen LogP contribution in [-0.4, -0.2) is 19.1 Å². The van der Waals surface area contributed by atoms with E-state index in [0.29, 0.717) is 23.7 Å². The van der Waals surface area contributed by atoms with E-state index < -0.39 is 0 Å². The van der Waals surface area contributed by atoms with Gasteiger partial charge in [0.25, 0.3) is 5.91 Å². The maximum absolute atomic E-state index is 12.4. The number of halogens is 1. The molecule has 0 bridgehead atoms. The third-order valence-electron chi connectivity index (χ3n) is 4.86. The molecule has 1 N–H and O–H groups in total. The number of rotatable bonds is 7. The van der Waals surface area contributed by atoms with E-state index in [4.69, 9.17) is 9.47 Å². The van der Waals surface area contributed by atoms with Crippen molar-refractivity contribution >= 4 is 27.9 Å². The fourth-order valence-electron chi connectivity index (χ4n) is 3.28. The molecular weight excluding hydrogens is 432 g/mol. The van der Waals surface area contributed by atoms with Gasteiger partial charge in [0.1, 0.15) is 18.2 Å². The van der Waals surface area contributed by atoms with E-state index in [2.05, 4.69) is 21.2 Å². The Kier molecular flexibility index (Phi) is 7.31. The van der Waals surface area contributed by atoms with Crippen LogP contribution in [0.2, 0.25) is 0 Å². The summed E-state index contributed by atoms with van der Waals surface area (Å²) in [7, 11) is 1.56. The molecule has 0 atom stereocenters. The van der Waals surface area contributed by atoms with Crippen LogP contribution in [0.1, 0.15) is 36.8 Å². The first kappa shape index (κ1) is 20.9. The predicted octanol–water partition coefficient (Wildman–Crippen LogP) is 5.00. The number of hydrogen-bond donors (Lipinski definition) is 1. The molecule has 0 unspecified atom stereocenters. The van der Waals surface area contributed by atoms with E-state index in [1.807, 2.05) is 30.3 Å². The van der Waals surface area contributed by atoms with Gasteiger partial charge in [-0.15, -0.1) is 0 Å². The van der Waals surface area contributed by atoms with Gasteiger partial charge >= 0.3 is 0 Å². The maximum atomic E-state index is 12.4. The normalized spacial score (nSPS) is 14.3. The number of amides is 1. The summed E-state index contributed by atoms with van der Waals surface area (Å²) in [5.41, 5.74) is 1.83. The topological polar surface area (TPSA) is 71.3 Å². The molecule has 0 aromatic heterocycles. The molecule has 150 valence electrons. The highest BCUT2D eigenvalue weighted by atomic mass is 79.9. The summed E-state index contributed by atoms with van der Waals surface area (Å²) in [6.07, 6.45) is 5.77. The van der Waals surface area contributed by atoms with Crippen molar-refractivity contribution in [3.8, 4) is 17.6 Å². The lowest BCUT2D eigenvalue weighted by molar-refractivity contribution is -0.117. The Labute approximate surface area is 179 Å².